The summed E-state index contributed by atoms with van der Waals surface area (Å²) in [6, 6.07) is 0.661. The second-order valence-corrected chi connectivity index (χ2v) is 5.50. The van der Waals surface area contributed by atoms with Crippen LogP contribution in [0.4, 0.5) is 0 Å². The molecule has 0 bridgehead atoms. The third-order valence-electron chi connectivity index (χ3n) is 1.74. The van der Waals surface area contributed by atoms with Crippen molar-refractivity contribution in [3.05, 3.63) is 12.8 Å². The molecule has 0 aromatic rings. The van der Waals surface area contributed by atoms with E-state index >= 15 is 0 Å². The van der Waals surface area contributed by atoms with Gasteiger partial charge in [-0.05, 0) is 20.8 Å². The van der Waals surface area contributed by atoms with Crippen LogP contribution < -0.4 is 0 Å². The van der Waals surface area contributed by atoms with Gasteiger partial charge < -0.3 is 18.0 Å². The van der Waals surface area contributed by atoms with Crippen molar-refractivity contribution >= 4 is 8.80 Å². The standard InChI is InChI=1S/C10H22O4Si/c1-5-11-9-10-15(12-6-2,13-7-3)14-8-4/h5H,1,6-10H2,2-4H3. The van der Waals surface area contributed by atoms with Crippen LogP contribution >= 0.6 is 0 Å². The Bertz CT molecular complexity index is 146. The first-order chi connectivity index (χ1) is 7.24. The Kier molecular flexibility index (Phi) is 8.69. The first kappa shape index (κ1) is 14.6. The van der Waals surface area contributed by atoms with Crippen LogP contribution in [0.5, 0.6) is 0 Å². The predicted octanol–water partition coefficient (Wildman–Crippen LogP) is 2.19. The molecule has 90 valence electrons. The SMILES string of the molecule is C=COCC[Si](OCC)(OCC)OCC. The van der Waals surface area contributed by atoms with Crippen molar-refractivity contribution in [2.24, 2.45) is 0 Å². The van der Waals surface area contributed by atoms with Gasteiger partial charge in [0, 0.05) is 19.8 Å². The molecule has 0 N–H and O–H groups in total. The van der Waals surface area contributed by atoms with Crippen molar-refractivity contribution in [1.29, 1.82) is 0 Å². The molecule has 0 atom stereocenters. The van der Waals surface area contributed by atoms with Gasteiger partial charge in [0.05, 0.1) is 18.9 Å². The minimum absolute atomic E-state index is 0.524. The highest BCUT2D eigenvalue weighted by Gasteiger charge is 2.40. The van der Waals surface area contributed by atoms with Crippen LogP contribution in [-0.4, -0.2) is 35.2 Å². The van der Waals surface area contributed by atoms with E-state index in [0.29, 0.717) is 32.5 Å². The molecule has 4 nitrogen and oxygen atoms in total. The summed E-state index contributed by atoms with van der Waals surface area (Å²) in [5.74, 6) is 0. The van der Waals surface area contributed by atoms with Gasteiger partial charge in [-0.3, -0.25) is 0 Å². The molecule has 0 aliphatic rings. The van der Waals surface area contributed by atoms with Crippen LogP contribution in [0.1, 0.15) is 20.8 Å². The second kappa shape index (κ2) is 8.91. The molecule has 0 radical (unpaired) electrons. The molecule has 15 heavy (non-hydrogen) atoms. The fraction of sp³-hybridized carbons (Fsp3) is 0.800. The monoisotopic (exact) mass is 234 g/mol. The molecular weight excluding hydrogens is 212 g/mol. The van der Waals surface area contributed by atoms with Crippen molar-refractivity contribution in [3.63, 3.8) is 0 Å². The molecule has 0 rings (SSSR count). The van der Waals surface area contributed by atoms with Gasteiger partial charge in [-0.1, -0.05) is 6.58 Å². The molecule has 0 amide bonds. The smallest absolute Gasteiger partial charge is 0.502 e. The van der Waals surface area contributed by atoms with E-state index in [1.165, 1.54) is 6.26 Å². The molecule has 0 heterocycles. The second-order valence-electron chi connectivity index (χ2n) is 2.77. The summed E-state index contributed by atoms with van der Waals surface area (Å²) >= 11 is 0. The number of hydrogen-bond donors (Lipinski definition) is 0. The van der Waals surface area contributed by atoms with E-state index in [4.69, 9.17) is 18.0 Å². The lowest BCUT2D eigenvalue weighted by Crippen LogP contribution is -2.46. The Labute approximate surface area is 93.5 Å². The average Bonchev–Trinajstić information content (AvgIpc) is 2.19. The third-order valence-corrected chi connectivity index (χ3v) is 4.74. The fourth-order valence-electron chi connectivity index (χ4n) is 1.27. The minimum Gasteiger partial charge on any atom is -0.502 e. The molecule has 0 unspecified atom stereocenters. The van der Waals surface area contributed by atoms with Crippen LogP contribution in [-0.2, 0) is 18.0 Å². The number of hydrogen-bond acceptors (Lipinski definition) is 4. The zero-order valence-electron chi connectivity index (χ0n) is 9.95. The Morgan fingerprint density at radius 2 is 1.47 bits per heavy atom. The zero-order chi connectivity index (χ0) is 11.6. The van der Waals surface area contributed by atoms with E-state index < -0.39 is 8.80 Å². The fourth-order valence-corrected chi connectivity index (χ4v) is 3.64. The lowest BCUT2D eigenvalue weighted by molar-refractivity contribution is 0.0655. The van der Waals surface area contributed by atoms with Crippen LogP contribution in [0.2, 0.25) is 6.04 Å². The quantitative estimate of drug-likeness (QED) is 0.330. The molecule has 0 aliphatic carbocycles. The van der Waals surface area contributed by atoms with Crippen LogP contribution in [0.15, 0.2) is 12.8 Å². The van der Waals surface area contributed by atoms with Crippen LogP contribution in [0.25, 0.3) is 0 Å². The Morgan fingerprint density at radius 1 is 1.00 bits per heavy atom. The summed E-state index contributed by atoms with van der Waals surface area (Å²) in [5, 5.41) is 0. The Morgan fingerprint density at radius 3 is 1.80 bits per heavy atom. The van der Waals surface area contributed by atoms with Crippen molar-refractivity contribution in [2.45, 2.75) is 26.8 Å². The zero-order valence-corrected chi connectivity index (χ0v) is 11.0. The van der Waals surface area contributed by atoms with Gasteiger partial charge in [0.1, 0.15) is 0 Å². The van der Waals surface area contributed by atoms with E-state index in [9.17, 15) is 0 Å². The molecule has 0 saturated heterocycles. The van der Waals surface area contributed by atoms with Crippen LogP contribution in [0.3, 0.4) is 0 Å². The molecular formula is C10H22O4Si. The van der Waals surface area contributed by atoms with Gasteiger partial charge >= 0.3 is 8.80 Å². The Hall–Kier alpha value is -0.363. The summed E-state index contributed by atoms with van der Waals surface area (Å²) in [6.07, 6.45) is 1.42. The lowest BCUT2D eigenvalue weighted by Gasteiger charge is -2.28. The van der Waals surface area contributed by atoms with Gasteiger partial charge in [-0.15, -0.1) is 0 Å². The summed E-state index contributed by atoms with van der Waals surface area (Å²) < 4.78 is 22.0. The van der Waals surface area contributed by atoms with Crippen molar-refractivity contribution in [1.82, 2.24) is 0 Å². The highest BCUT2D eigenvalue weighted by Crippen LogP contribution is 2.15. The molecule has 0 saturated carbocycles. The average molecular weight is 234 g/mol. The molecule has 0 fully saturated rings. The first-order valence-electron chi connectivity index (χ1n) is 5.39. The molecule has 0 aliphatic heterocycles. The summed E-state index contributed by atoms with van der Waals surface area (Å²) in [5.41, 5.74) is 0. The van der Waals surface area contributed by atoms with Gasteiger partial charge in [-0.25, -0.2) is 0 Å². The van der Waals surface area contributed by atoms with Gasteiger partial charge in [0.2, 0.25) is 0 Å². The maximum absolute atomic E-state index is 5.64. The van der Waals surface area contributed by atoms with Crippen LogP contribution in [0, 0.1) is 0 Å². The minimum atomic E-state index is -2.51. The topological polar surface area (TPSA) is 36.9 Å². The van der Waals surface area contributed by atoms with Gasteiger partial charge in [0.15, 0.2) is 0 Å². The summed E-state index contributed by atoms with van der Waals surface area (Å²) in [4.78, 5) is 0. The number of rotatable bonds is 10. The molecule has 0 spiro atoms. The van der Waals surface area contributed by atoms with E-state index in [0.717, 1.165) is 0 Å². The van der Waals surface area contributed by atoms with Crippen molar-refractivity contribution in [2.75, 3.05) is 26.4 Å². The molecule has 0 aromatic heterocycles. The molecule has 0 aromatic carbocycles. The van der Waals surface area contributed by atoms with E-state index in [-0.39, 0.29) is 0 Å². The lowest BCUT2D eigenvalue weighted by atomic mass is 10.8. The number of ether oxygens (including phenoxy) is 1. The van der Waals surface area contributed by atoms with E-state index in [1.54, 1.807) is 0 Å². The third kappa shape index (κ3) is 5.94. The van der Waals surface area contributed by atoms with Gasteiger partial charge in [0.25, 0.3) is 0 Å². The maximum atomic E-state index is 5.64. The van der Waals surface area contributed by atoms with Crippen molar-refractivity contribution < 1.29 is 18.0 Å². The maximum Gasteiger partial charge on any atom is 0.504 e. The normalized spacial score (nSPS) is 11.4. The highest BCUT2D eigenvalue weighted by atomic mass is 28.4. The van der Waals surface area contributed by atoms with E-state index in [1.807, 2.05) is 20.8 Å². The first-order valence-corrected chi connectivity index (χ1v) is 7.32. The van der Waals surface area contributed by atoms with Gasteiger partial charge in [-0.2, -0.15) is 0 Å². The van der Waals surface area contributed by atoms with E-state index in [2.05, 4.69) is 6.58 Å². The largest absolute Gasteiger partial charge is 0.504 e. The predicted molar refractivity (Wildman–Crippen MR) is 61.6 cm³/mol. The van der Waals surface area contributed by atoms with Crippen molar-refractivity contribution in [3.8, 4) is 0 Å². The molecule has 5 heteroatoms. The summed E-state index contributed by atoms with van der Waals surface area (Å²) in [7, 11) is -2.51. The summed E-state index contributed by atoms with van der Waals surface area (Å²) in [6.45, 7) is 11.6. The highest BCUT2D eigenvalue weighted by molar-refractivity contribution is 6.60. The Balaban J connectivity index is 4.24.